The minimum atomic E-state index is -1.38. The van der Waals surface area contributed by atoms with Gasteiger partial charge in [-0.05, 0) is 12.3 Å². The number of allylic oxidation sites excluding steroid dienone is 2. The average Bonchev–Trinajstić information content (AvgIpc) is 2.39. The van der Waals surface area contributed by atoms with E-state index in [1.54, 1.807) is 0 Å². The third-order valence-corrected chi connectivity index (χ3v) is 8.20. The Morgan fingerprint density at radius 2 is 1.67 bits per heavy atom. The molecule has 0 heterocycles. The quantitative estimate of drug-likeness (QED) is 0.535. The van der Waals surface area contributed by atoms with Gasteiger partial charge in [0.1, 0.15) is 9.75 Å². The van der Waals surface area contributed by atoms with Crippen molar-refractivity contribution in [3.63, 3.8) is 0 Å². The summed E-state index contributed by atoms with van der Waals surface area (Å²) >= 11 is 40.8. The van der Waals surface area contributed by atoms with E-state index in [2.05, 4.69) is 15.9 Å². The van der Waals surface area contributed by atoms with Gasteiger partial charge in [-0.3, -0.25) is 0 Å². The number of fused-ring (bicyclic) bond motifs is 2. The lowest BCUT2D eigenvalue weighted by molar-refractivity contribution is 0.522. The van der Waals surface area contributed by atoms with E-state index in [9.17, 15) is 0 Å². The number of alkyl halides is 5. The van der Waals surface area contributed by atoms with Gasteiger partial charge in [0.05, 0.1) is 10.1 Å². The lowest BCUT2D eigenvalue weighted by Crippen LogP contribution is -2.44. The molecule has 0 aliphatic heterocycles. The zero-order valence-electron chi connectivity index (χ0n) is 7.14. The van der Waals surface area contributed by atoms with Crippen LogP contribution in [0.1, 0.15) is 6.42 Å². The molecule has 0 amide bonds. The molecular formula is C8H5BrCl6. The maximum Gasteiger partial charge on any atom is 0.166 e. The topological polar surface area (TPSA) is 0 Å². The lowest BCUT2D eigenvalue weighted by atomic mass is 9.94. The van der Waals surface area contributed by atoms with Crippen molar-refractivity contribution in [2.45, 2.75) is 20.5 Å². The molecule has 0 N–H and O–H groups in total. The highest BCUT2D eigenvalue weighted by Gasteiger charge is 2.77. The highest BCUT2D eigenvalue weighted by atomic mass is 79.9. The molecule has 3 atom stereocenters. The van der Waals surface area contributed by atoms with Gasteiger partial charge in [-0.1, -0.05) is 62.3 Å². The minimum absolute atomic E-state index is 0.0401. The van der Waals surface area contributed by atoms with E-state index in [4.69, 9.17) is 69.6 Å². The van der Waals surface area contributed by atoms with Gasteiger partial charge in [0.2, 0.25) is 0 Å². The summed E-state index contributed by atoms with van der Waals surface area (Å²) in [5.74, 6) is -0.0401. The molecule has 0 aromatic rings. The van der Waals surface area contributed by atoms with Crippen molar-refractivity contribution in [3.05, 3.63) is 10.1 Å². The molecule has 1 fully saturated rings. The molecule has 0 spiro atoms. The van der Waals surface area contributed by atoms with Crippen LogP contribution in [0.5, 0.6) is 0 Å². The molecule has 15 heavy (non-hydrogen) atoms. The highest BCUT2D eigenvalue weighted by Crippen LogP contribution is 2.74. The molecule has 1 saturated carbocycles. The Balaban J connectivity index is 2.65. The van der Waals surface area contributed by atoms with E-state index in [-0.39, 0.29) is 16.0 Å². The zero-order chi connectivity index (χ0) is 11.6. The number of hydrogen-bond acceptors (Lipinski definition) is 0. The monoisotopic (exact) mass is 390 g/mol. The van der Waals surface area contributed by atoms with Crippen molar-refractivity contribution >= 4 is 85.5 Å². The van der Waals surface area contributed by atoms with Crippen molar-refractivity contribution < 1.29 is 0 Å². The van der Waals surface area contributed by atoms with E-state index in [1.807, 2.05) is 0 Å². The second kappa shape index (κ2) is 3.73. The molecule has 0 radical (unpaired) electrons. The van der Waals surface area contributed by atoms with E-state index < -0.39 is 14.1 Å². The second-order valence-electron chi connectivity index (χ2n) is 3.77. The first-order valence-electron chi connectivity index (χ1n) is 4.11. The predicted molar refractivity (Wildman–Crippen MR) is 72.2 cm³/mol. The summed E-state index contributed by atoms with van der Waals surface area (Å²) < 4.78 is -1.38. The second-order valence-corrected chi connectivity index (χ2v) is 7.74. The molecule has 2 bridgehead atoms. The summed E-state index contributed by atoms with van der Waals surface area (Å²) in [6, 6.07) is 0. The summed E-state index contributed by atoms with van der Waals surface area (Å²) in [5.41, 5.74) is 0. The molecule has 0 unspecified atom stereocenters. The molecule has 0 nitrogen and oxygen atoms in total. The van der Waals surface area contributed by atoms with Crippen LogP contribution in [-0.2, 0) is 0 Å². The molecule has 86 valence electrons. The summed E-state index contributed by atoms with van der Waals surface area (Å²) in [6.45, 7) is 0. The van der Waals surface area contributed by atoms with Gasteiger partial charge in [-0.25, -0.2) is 0 Å². The molecular weight excluding hydrogens is 389 g/mol. The fraction of sp³-hybridized carbons (Fsp3) is 0.750. The van der Waals surface area contributed by atoms with E-state index in [1.165, 1.54) is 0 Å². The van der Waals surface area contributed by atoms with E-state index in [0.29, 0.717) is 11.8 Å². The number of rotatable bonds is 1. The van der Waals surface area contributed by atoms with Crippen LogP contribution in [0, 0.1) is 5.92 Å². The van der Waals surface area contributed by atoms with Crippen molar-refractivity contribution in [2.75, 3.05) is 5.33 Å². The predicted octanol–water partition coefficient (Wildman–Crippen LogP) is 5.23. The van der Waals surface area contributed by atoms with Crippen LogP contribution in [0.25, 0.3) is 0 Å². The molecule has 0 saturated heterocycles. The van der Waals surface area contributed by atoms with Crippen LogP contribution < -0.4 is 0 Å². The Labute approximate surface area is 126 Å². The maximum atomic E-state index is 6.44. The van der Waals surface area contributed by atoms with E-state index in [0.717, 1.165) is 0 Å². The molecule has 2 aliphatic rings. The molecule has 7 heteroatoms. The SMILES string of the molecule is ClC1=C(Cl)[C@@]2(Cl)[C@@H](CBr)C[C@]1(Cl)C2(Cl)Cl. The third-order valence-electron chi connectivity index (χ3n) is 3.09. The van der Waals surface area contributed by atoms with Crippen LogP contribution in [0.3, 0.4) is 0 Å². The largest absolute Gasteiger partial charge is 0.166 e. The van der Waals surface area contributed by atoms with Crippen molar-refractivity contribution in [1.29, 1.82) is 0 Å². The number of hydrogen-bond donors (Lipinski definition) is 0. The summed E-state index contributed by atoms with van der Waals surface area (Å²) in [4.78, 5) is -2.17. The van der Waals surface area contributed by atoms with Gasteiger partial charge >= 0.3 is 0 Å². The first kappa shape index (κ1) is 13.4. The average molecular weight is 394 g/mol. The first-order valence-corrected chi connectivity index (χ1v) is 7.50. The zero-order valence-corrected chi connectivity index (χ0v) is 13.3. The lowest BCUT2D eigenvalue weighted by Gasteiger charge is -2.33. The third kappa shape index (κ3) is 1.30. The van der Waals surface area contributed by atoms with Gasteiger partial charge in [0.15, 0.2) is 4.33 Å². The summed E-state index contributed by atoms with van der Waals surface area (Å²) in [5, 5.41) is 1.15. The molecule has 0 aromatic carbocycles. The van der Waals surface area contributed by atoms with Crippen LogP contribution in [0.2, 0.25) is 0 Å². The maximum absolute atomic E-state index is 6.44. The van der Waals surface area contributed by atoms with Gasteiger partial charge in [0.25, 0.3) is 0 Å². The molecule has 2 rings (SSSR count). The first-order chi connectivity index (χ1) is 6.73. The minimum Gasteiger partial charge on any atom is -0.110 e. The fourth-order valence-corrected chi connectivity index (χ4v) is 5.94. The smallest absolute Gasteiger partial charge is 0.110 e. The van der Waals surface area contributed by atoms with Crippen molar-refractivity contribution in [2.24, 2.45) is 5.92 Å². The Morgan fingerprint density at radius 1 is 1.13 bits per heavy atom. The molecule has 0 aromatic heterocycles. The Morgan fingerprint density at radius 3 is 2.00 bits per heavy atom. The fourth-order valence-electron chi connectivity index (χ4n) is 2.19. The van der Waals surface area contributed by atoms with Crippen molar-refractivity contribution in [1.82, 2.24) is 0 Å². The normalized spacial score (nSPS) is 47.8. The Bertz CT molecular complexity index is 353. The Hall–Kier alpha value is 1.96. The van der Waals surface area contributed by atoms with Gasteiger partial charge in [-0.15, -0.1) is 23.2 Å². The van der Waals surface area contributed by atoms with Gasteiger partial charge in [-0.2, -0.15) is 0 Å². The van der Waals surface area contributed by atoms with E-state index >= 15 is 0 Å². The summed E-state index contributed by atoms with van der Waals surface area (Å²) in [6.07, 6.45) is 0.505. The number of halogens is 7. The van der Waals surface area contributed by atoms with Crippen LogP contribution >= 0.6 is 85.5 Å². The van der Waals surface area contributed by atoms with Crippen LogP contribution in [0.15, 0.2) is 10.1 Å². The highest BCUT2D eigenvalue weighted by molar-refractivity contribution is 9.09. The van der Waals surface area contributed by atoms with Crippen LogP contribution in [0.4, 0.5) is 0 Å². The van der Waals surface area contributed by atoms with Crippen LogP contribution in [-0.4, -0.2) is 19.4 Å². The van der Waals surface area contributed by atoms with Gasteiger partial charge in [0, 0.05) is 5.33 Å². The summed E-state index contributed by atoms with van der Waals surface area (Å²) in [7, 11) is 0. The standard InChI is InChI=1S/C8H5BrCl6/c9-2-3-1-6(12)4(10)5(11)7(3,13)8(6,14)15/h3H,1-2H2/t3-,6-,7+/m1/s1. The Kier molecular flexibility index (Phi) is 3.33. The van der Waals surface area contributed by atoms with Crippen molar-refractivity contribution in [3.8, 4) is 0 Å². The van der Waals surface area contributed by atoms with Gasteiger partial charge < -0.3 is 0 Å². The molecule has 2 aliphatic carbocycles.